The molecule has 1 aliphatic carbocycles. The van der Waals surface area contributed by atoms with E-state index in [0.717, 1.165) is 12.8 Å². The zero-order valence-electron chi connectivity index (χ0n) is 15.3. The zero-order valence-corrected chi connectivity index (χ0v) is 15.3. The van der Waals surface area contributed by atoms with Crippen molar-refractivity contribution in [2.24, 2.45) is 0 Å². The maximum atomic E-state index is 12.7. The summed E-state index contributed by atoms with van der Waals surface area (Å²) in [6.07, 6.45) is 6.76. The van der Waals surface area contributed by atoms with E-state index >= 15 is 0 Å². The predicted octanol–water partition coefficient (Wildman–Crippen LogP) is 3.15. The van der Waals surface area contributed by atoms with Gasteiger partial charge in [0.25, 0.3) is 0 Å². The SMILES string of the molecule is COc1ccc2c(c1)C(=O)CC1(CCN(C(=O)NC3CCCCC3)C1)O2. The Bertz CT molecular complexity index is 714. The number of methoxy groups -OCH3 is 1. The molecule has 1 saturated heterocycles. The van der Waals surface area contributed by atoms with E-state index in [9.17, 15) is 9.59 Å². The summed E-state index contributed by atoms with van der Waals surface area (Å²) in [5, 5.41) is 3.16. The number of hydrogen-bond acceptors (Lipinski definition) is 4. The average Bonchev–Trinajstić information content (AvgIpc) is 3.05. The molecule has 2 aliphatic heterocycles. The number of amides is 2. The van der Waals surface area contributed by atoms with Gasteiger partial charge < -0.3 is 19.7 Å². The van der Waals surface area contributed by atoms with Crippen molar-refractivity contribution >= 4 is 11.8 Å². The van der Waals surface area contributed by atoms with E-state index in [1.807, 2.05) is 0 Å². The minimum atomic E-state index is -0.595. The Morgan fingerprint density at radius 2 is 2.12 bits per heavy atom. The van der Waals surface area contributed by atoms with E-state index in [-0.39, 0.29) is 17.9 Å². The van der Waals surface area contributed by atoms with Crippen LogP contribution in [0.1, 0.15) is 55.3 Å². The largest absolute Gasteiger partial charge is 0.497 e. The fourth-order valence-electron chi connectivity index (χ4n) is 4.36. The second kappa shape index (κ2) is 6.82. The van der Waals surface area contributed by atoms with Crippen LogP contribution in [0.5, 0.6) is 11.5 Å². The Morgan fingerprint density at radius 3 is 2.88 bits per heavy atom. The van der Waals surface area contributed by atoms with Crippen molar-refractivity contribution in [3.05, 3.63) is 23.8 Å². The van der Waals surface area contributed by atoms with Gasteiger partial charge in [0, 0.05) is 19.0 Å². The second-order valence-electron chi connectivity index (χ2n) is 7.70. The number of Topliss-reactive ketones (excluding diaryl/α,β-unsaturated/α-hetero) is 1. The molecule has 0 radical (unpaired) electrons. The van der Waals surface area contributed by atoms with E-state index in [0.29, 0.717) is 43.0 Å². The zero-order chi connectivity index (χ0) is 18.1. The van der Waals surface area contributed by atoms with Gasteiger partial charge in [-0.3, -0.25) is 4.79 Å². The number of hydrogen-bond donors (Lipinski definition) is 1. The molecule has 4 rings (SSSR count). The summed E-state index contributed by atoms with van der Waals surface area (Å²) in [7, 11) is 1.58. The minimum absolute atomic E-state index is 0.0228. The molecule has 0 bridgehead atoms. The molecule has 1 atom stereocenters. The third kappa shape index (κ3) is 3.24. The lowest BCUT2D eigenvalue weighted by atomic mass is 9.89. The van der Waals surface area contributed by atoms with E-state index < -0.39 is 5.60 Å². The molecule has 26 heavy (non-hydrogen) atoms. The van der Waals surface area contributed by atoms with Crippen LogP contribution in [0.4, 0.5) is 4.79 Å². The summed E-state index contributed by atoms with van der Waals surface area (Å²) in [6.45, 7) is 1.08. The maximum Gasteiger partial charge on any atom is 0.317 e. The predicted molar refractivity (Wildman–Crippen MR) is 96.9 cm³/mol. The lowest BCUT2D eigenvalue weighted by molar-refractivity contribution is 0.0475. The summed E-state index contributed by atoms with van der Waals surface area (Å²) in [5.41, 5.74) is -0.0251. The van der Waals surface area contributed by atoms with Gasteiger partial charge in [0.2, 0.25) is 0 Å². The lowest BCUT2D eigenvalue weighted by Gasteiger charge is -2.35. The van der Waals surface area contributed by atoms with Crippen molar-refractivity contribution in [3.8, 4) is 11.5 Å². The van der Waals surface area contributed by atoms with Crippen molar-refractivity contribution in [2.45, 2.75) is 56.6 Å². The molecule has 2 fully saturated rings. The Hall–Kier alpha value is -2.24. The first-order valence-corrected chi connectivity index (χ1v) is 9.54. The van der Waals surface area contributed by atoms with E-state index in [4.69, 9.17) is 9.47 Å². The lowest BCUT2D eigenvalue weighted by Crippen LogP contribution is -2.49. The van der Waals surface area contributed by atoms with Gasteiger partial charge in [-0.2, -0.15) is 0 Å². The van der Waals surface area contributed by atoms with Crippen LogP contribution in [0.25, 0.3) is 0 Å². The molecule has 1 aromatic rings. The van der Waals surface area contributed by atoms with E-state index in [1.165, 1.54) is 19.3 Å². The van der Waals surface area contributed by atoms with Gasteiger partial charge in [0.15, 0.2) is 5.78 Å². The van der Waals surface area contributed by atoms with Gasteiger partial charge in [-0.15, -0.1) is 0 Å². The third-order valence-corrected chi connectivity index (χ3v) is 5.83. The number of carbonyl (C=O) groups excluding carboxylic acids is 2. The van der Waals surface area contributed by atoms with Gasteiger partial charge in [-0.1, -0.05) is 19.3 Å². The first-order valence-electron chi connectivity index (χ1n) is 9.54. The highest BCUT2D eigenvalue weighted by molar-refractivity contribution is 6.00. The van der Waals surface area contributed by atoms with Crippen LogP contribution < -0.4 is 14.8 Å². The number of urea groups is 1. The normalized spacial score (nSPS) is 25.7. The number of fused-ring (bicyclic) bond motifs is 1. The molecule has 140 valence electrons. The highest BCUT2D eigenvalue weighted by Gasteiger charge is 2.47. The molecule has 0 aromatic heterocycles. The van der Waals surface area contributed by atoms with Crippen molar-refractivity contribution in [1.82, 2.24) is 10.2 Å². The van der Waals surface area contributed by atoms with Gasteiger partial charge in [-0.05, 0) is 31.0 Å². The van der Waals surface area contributed by atoms with Crippen LogP contribution in [0, 0.1) is 0 Å². The van der Waals surface area contributed by atoms with E-state index in [1.54, 1.807) is 30.2 Å². The van der Waals surface area contributed by atoms with Crippen molar-refractivity contribution in [2.75, 3.05) is 20.2 Å². The first-order chi connectivity index (χ1) is 12.6. The quantitative estimate of drug-likeness (QED) is 0.882. The first kappa shape index (κ1) is 17.2. The molecule has 6 heteroatoms. The molecule has 6 nitrogen and oxygen atoms in total. The van der Waals surface area contributed by atoms with Crippen LogP contribution in [0.2, 0.25) is 0 Å². The Kier molecular flexibility index (Phi) is 4.51. The van der Waals surface area contributed by atoms with Crippen molar-refractivity contribution in [3.63, 3.8) is 0 Å². The van der Waals surface area contributed by atoms with Crippen molar-refractivity contribution in [1.29, 1.82) is 0 Å². The number of ketones is 1. The molecule has 3 aliphatic rings. The van der Waals surface area contributed by atoms with Gasteiger partial charge in [0.05, 0.1) is 25.6 Å². The summed E-state index contributed by atoms with van der Waals surface area (Å²) in [5.74, 6) is 1.30. The monoisotopic (exact) mass is 358 g/mol. The fraction of sp³-hybridized carbons (Fsp3) is 0.600. The fourth-order valence-corrected chi connectivity index (χ4v) is 4.36. The Morgan fingerprint density at radius 1 is 1.31 bits per heavy atom. The molecule has 1 unspecified atom stereocenters. The average molecular weight is 358 g/mol. The van der Waals surface area contributed by atoms with Crippen LogP contribution in [-0.2, 0) is 0 Å². The van der Waals surface area contributed by atoms with Gasteiger partial charge >= 0.3 is 6.03 Å². The molecule has 2 heterocycles. The summed E-state index contributed by atoms with van der Waals surface area (Å²) in [6, 6.07) is 5.58. The number of nitrogens with zero attached hydrogens (tertiary/aromatic N) is 1. The molecular weight excluding hydrogens is 332 g/mol. The maximum absolute atomic E-state index is 12.7. The summed E-state index contributed by atoms with van der Waals surface area (Å²) >= 11 is 0. The number of benzene rings is 1. The highest BCUT2D eigenvalue weighted by Crippen LogP contribution is 2.40. The minimum Gasteiger partial charge on any atom is -0.497 e. The number of nitrogens with one attached hydrogen (secondary N) is 1. The molecule has 1 N–H and O–H groups in total. The second-order valence-corrected chi connectivity index (χ2v) is 7.70. The van der Waals surface area contributed by atoms with Crippen LogP contribution in [0.15, 0.2) is 18.2 Å². The Balaban J connectivity index is 1.44. The van der Waals surface area contributed by atoms with Crippen molar-refractivity contribution < 1.29 is 19.1 Å². The number of carbonyl (C=O) groups is 2. The summed E-state index contributed by atoms with van der Waals surface area (Å²) < 4.78 is 11.4. The molecule has 1 spiro atoms. The van der Waals surface area contributed by atoms with E-state index in [2.05, 4.69) is 5.32 Å². The Labute approximate surface area is 153 Å². The highest BCUT2D eigenvalue weighted by atomic mass is 16.5. The number of ether oxygens (including phenoxy) is 2. The molecule has 1 saturated carbocycles. The smallest absolute Gasteiger partial charge is 0.317 e. The number of likely N-dealkylation sites (tertiary alicyclic amines) is 1. The van der Waals surface area contributed by atoms with Gasteiger partial charge in [0.1, 0.15) is 17.1 Å². The van der Waals surface area contributed by atoms with Crippen LogP contribution in [0.3, 0.4) is 0 Å². The molecule has 1 aromatic carbocycles. The van der Waals surface area contributed by atoms with Crippen LogP contribution >= 0.6 is 0 Å². The third-order valence-electron chi connectivity index (χ3n) is 5.83. The topological polar surface area (TPSA) is 67.9 Å². The standard InChI is InChI=1S/C20H26N2O4/c1-25-15-7-8-18-16(11-15)17(23)12-20(26-18)9-10-22(13-20)19(24)21-14-5-3-2-4-6-14/h7-8,11,14H,2-6,9-10,12-13H2,1H3,(H,21,24). The summed E-state index contributed by atoms with van der Waals surface area (Å²) in [4.78, 5) is 27.1. The molecular formula is C20H26N2O4. The van der Waals surface area contributed by atoms with Gasteiger partial charge in [-0.25, -0.2) is 4.79 Å². The molecule has 2 amide bonds. The number of rotatable bonds is 2. The van der Waals surface area contributed by atoms with Crippen LogP contribution in [-0.4, -0.2) is 48.6 Å².